The van der Waals surface area contributed by atoms with Crippen molar-refractivity contribution in [3.8, 4) is 0 Å². The van der Waals surface area contributed by atoms with Gasteiger partial charge in [0.2, 0.25) is 5.95 Å². The van der Waals surface area contributed by atoms with Crippen molar-refractivity contribution >= 4 is 11.8 Å². The first-order valence-corrected chi connectivity index (χ1v) is 7.25. The normalized spacial score (nSPS) is 14.6. The second kappa shape index (κ2) is 5.69. The first-order valence-electron chi connectivity index (χ1n) is 7.25. The molecule has 21 heavy (non-hydrogen) atoms. The van der Waals surface area contributed by atoms with Crippen LogP contribution in [0.15, 0.2) is 0 Å². The molecule has 0 atom stereocenters. The fourth-order valence-corrected chi connectivity index (χ4v) is 2.72. The Kier molecular flexibility index (Phi) is 3.74. The number of aromatic nitrogens is 4. The highest BCUT2D eigenvalue weighted by molar-refractivity contribution is 5.51. The molecule has 5 N–H and O–H groups in total. The molecule has 2 aromatic heterocycles. The van der Waals surface area contributed by atoms with Crippen LogP contribution >= 0.6 is 0 Å². The van der Waals surface area contributed by atoms with Crippen LogP contribution in [-0.4, -0.2) is 33.3 Å². The number of nitrogens with one attached hydrogen (secondary N) is 3. The van der Waals surface area contributed by atoms with Crippen molar-refractivity contribution < 1.29 is 0 Å². The summed E-state index contributed by atoms with van der Waals surface area (Å²) < 4.78 is 0. The van der Waals surface area contributed by atoms with E-state index in [1.807, 2.05) is 13.8 Å². The first-order chi connectivity index (χ1) is 10.1. The number of aryl methyl sites for hydroxylation is 2. The molecule has 0 bridgehead atoms. The van der Waals surface area contributed by atoms with E-state index >= 15 is 0 Å². The Balaban J connectivity index is 1.86. The Hall–Kier alpha value is -2.15. The molecule has 112 valence electrons. The molecule has 2 aromatic rings. The minimum absolute atomic E-state index is 0.332. The fraction of sp³-hybridized carbons (Fsp3) is 0.500. The lowest BCUT2D eigenvalue weighted by molar-refractivity contribution is 0.708. The van der Waals surface area contributed by atoms with Gasteiger partial charge in [0.1, 0.15) is 5.82 Å². The number of nitrogen functional groups attached to an aromatic ring is 1. The van der Waals surface area contributed by atoms with E-state index in [2.05, 4.69) is 30.8 Å². The molecule has 0 saturated heterocycles. The lowest BCUT2D eigenvalue weighted by atomic mass is 10.1. The van der Waals surface area contributed by atoms with Crippen LogP contribution in [0, 0.1) is 13.8 Å². The van der Waals surface area contributed by atoms with Crippen LogP contribution < -0.4 is 16.4 Å². The standard InChI is InChI=1S/C14H21N7/c1-8-11(9(2)21-20-8)7-17-13-10-3-5-16-6-4-12(10)18-14(15)19-13/h16H,3-7H2,1-2H3,(H,20,21)(H3,15,17,18,19). The average Bonchev–Trinajstić information content (AvgIpc) is 2.66. The van der Waals surface area contributed by atoms with E-state index in [0.29, 0.717) is 12.5 Å². The number of rotatable bonds is 3. The van der Waals surface area contributed by atoms with Gasteiger partial charge < -0.3 is 16.4 Å². The van der Waals surface area contributed by atoms with Crippen LogP contribution in [0.1, 0.15) is 28.2 Å². The number of fused-ring (bicyclic) bond motifs is 1. The number of anilines is 2. The summed E-state index contributed by atoms with van der Waals surface area (Å²) in [6.45, 7) is 6.58. The molecule has 0 spiro atoms. The average molecular weight is 287 g/mol. The molecule has 0 aliphatic carbocycles. The maximum Gasteiger partial charge on any atom is 0.222 e. The van der Waals surface area contributed by atoms with Gasteiger partial charge in [-0.05, 0) is 26.8 Å². The summed E-state index contributed by atoms with van der Waals surface area (Å²) in [4.78, 5) is 8.77. The Morgan fingerprint density at radius 1 is 1.19 bits per heavy atom. The highest BCUT2D eigenvalue weighted by atomic mass is 15.1. The Labute approximate surface area is 123 Å². The summed E-state index contributed by atoms with van der Waals surface area (Å²) in [7, 11) is 0. The van der Waals surface area contributed by atoms with Crippen molar-refractivity contribution in [1.82, 2.24) is 25.5 Å². The maximum atomic E-state index is 5.84. The number of hydrogen-bond acceptors (Lipinski definition) is 6. The zero-order valence-electron chi connectivity index (χ0n) is 12.5. The van der Waals surface area contributed by atoms with Crippen LogP contribution in [-0.2, 0) is 19.4 Å². The number of nitrogens with two attached hydrogens (primary N) is 1. The van der Waals surface area contributed by atoms with Gasteiger partial charge in [-0.3, -0.25) is 5.10 Å². The van der Waals surface area contributed by atoms with Crippen molar-refractivity contribution in [1.29, 1.82) is 0 Å². The fourth-order valence-electron chi connectivity index (χ4n) is 2.72. The second-order valence-corrected chi connectivity index (χ2v) is 5.37. The molecule has 3 heterocycles. The van der Waals surface area contributed by atoms with Gasteiger partial charge in [-0.15, -0.1) is 0 Å². The first kappa shape index (κ1) is 13.8. The molecule has 7 heteroatoms. The summed E-state index contributed by atoms with van der Waals surface area (Å²) in [5.74, 6) is 1.18. The van der Waals surface area contributed by atoms with Gasteiger partial charge in [0, 0.05) is 36.3 Å². The molecule has 0 fully saturated rings. The highest BCUT2D eigenvalue weighted by Gasteiger charge is 2.16. The van der Waals surface area contributed by atoms with Crippen molar-refractivity contribution in [2.45, 2.75) is 33.2 Å². The van der Waals surface area contributed by atoms with E-state index in [0.717, 1.165) is 48.8 Å². The third-order valence-electron chi connectivity index (χ3n) is 3.91. The topological polar surface area (TPSA) is 105 Å². The van der Waals surface area contributed by atoms with E-state index in [4.69, 9.17) is 5.73 Å². The number of hydrogen-bond donors (Lipinski definition) is 4. The van der Waals surface area contributed by atoms with E-state index in [1.54, 1.807) is 0 Å². The van der Waals surface area contributed by atoms with Crippen LogP contribution in [0.4, 0.5) is 11.8 Å². The summed E-state index contributed by atoms with van der Waals surface area (Å²) >= 11 is 0. The van der Waals surface area contributed by atoms with E-state index in [-0.39, 0.29) is 0 Å². The Morgan fingerprint density at radius 3 is 2.76 bits per heavy atom. The van der Waals surface area contributed by atoms with Crippen molar-refractivity contribution in [2.24, 2.45) is 0 Å². The van der Waals surface area contributed by atoms with Crippen LogP contribution in [0.3, 0.4) is 0 Å². The lowest BCUT2D eigenvalue weighted by Gasteiger charge is -2.13. The van der Waals surface area contributed by atoms with Crippen LogP contribution in [0.5, 0.6) is 0 Å². The smallest absolute Gasteiger partial charge is 0.222 e. The number of nitrogens with zero attached hydrogens (tertiary/aromatic N) is 3. The zero-order chi connectivity index (χ0) is 14.8. The van der Waals surface area contributed by atoms with Crippen molar-refractivity contribution in [3.63, 3.8) is 0 Å². The monoisotopic (exact) mass is 287 g/mol. The largest absolute Gasteiger partial charge is 0.368 e. The second-order valence-electron chi connectivity index (χ2n) is 5.37. The molecule has 0 radical (unpaired) electrons. The van der Waals surface area contributed by atoms with Crippen LogP contribution in [0.25, 0.3) is 0 Å². The van der Waals surface area contributed by atoms with E-state index in [1.165, 1.54) is 11.1 Å². The highest BCUT2D eigenvalue weighted by Crippen LogP contribution is 2.21. The minimum atomic E-state index is 0.332. The van der Waals surface area contributed by atoms with Gasteiger partial charge in [0.25, 0.3) is 0 Å². The van der Waals surface area contributed by atoms with E-state index in [9.17, 15) is 0 Å². The molecule has 1 aliphatic heterocycles. The van der Waals surface area contributed by atoms with Crippen LogP contribution in [0.2, 0.25) is 0 Å². The molecular formula is C14H21N7. The van der Waals surface area contributed by atoms with Gasteiger partial charge in [0.15, 0.2) is 0 Å². The molecule has 0 saturated carbocycles. The summed E-state index contributed by atoms with van der Waals surface area (Å²) in [5, 5.41) is 14.0. The third kappa shape index (κ3) is 2.82. The molecule has 0 amide bonds. The van der Waals surface area contributed by atoms with Gasteiger partial charge in [-0.2, -0.15) is 10.1 Å². The number of H-pyrrole nitrogens is 1. The van der Waals surface area contributed by atoms with E-state index < -0.39 is 0 Å². The summed E-state index contributed by atoms with van der Waals surface area (Å²) in [6.07, 6.45) is 1.81. The quantitative estimate of drug-likeness (QED) is 0.662. The predicted molar refractivity (Wildman–Crippen MR) is 82.1 cm³/mol. The Morgan fingerprint density at radius 2 is 2.00 bits per heavy atom. The molecule has 7 nitrogen and oxygen atoms in total. The minimum Gasteiger partial charge on any atom is -0.368 e. The maximum absolute atomic E-state index is 5.84. The summed E-state index contributed by atoms with van der Waals surface area (Å²) in [6, 6.07) is 0. The summed E-state index contributed by atoms with van der Waals surface area (Å²) in [5.41, 5.74) is 11.3. The molecular weight excluding hydrogens is 266 g/mol. The van der Waals surface area contributed by atoms with Gasteiger partial charge in [-0.25, -0.2) is 4.98 Å². The third-order valence-corrected chi connectivity index (χ3v) is 3.91. The van der Waals surface area contributed by atoms with Crippen molar-refractivity contribution in [3.05, 3.63) is 28.2 Å². The van der Waals surface area contributed by atoms with Gasteiger partial charge >= 0.3 is 0 Å². The Bertz CT molecular complexity index is 628. The SMILES string of the molecule is Cc1n[nH]c(C)c1CNc1nc(N)nc2c1CCNCC2. The predicted octanol–water partition coefficient (Wildman–Crippen LogP) is 0.699. The molecule has 0 unspecified atom stereocenters. The zero-order valence-corrected chi connectivity index (χ0v) is 12.5. The molecule has 3 rings (SSSR count). The number of aromatic amines is 1. The van der Waals surface area contributed by atoms with Gasteiger partial charge in [-0.1, -0.05) is 0 Å². The lowest BCUT2D eigenvalue weighted by Crippen LogP contribution is -2.16. The van der Waals surface area contributed by atoms with Crippen molar-refractivity contribution in [2.75, 3.05) is 24.1 Å². The van der Waals surface area contributed by atoms with Gasteiger partial charge in [0.05, 0.1) is 11.4 Å². The molecule has 0 aromatic carbocycles. The molecule has 1 aliphatic rings.